The lowest BCUT2D eigenvalue weighted by Gasteiger charge is -2.12. The number of halogens is 2. The average molecular weight is 277 g/mol. The minimum Gasteiger partial charge on any atom is -0.278 e. The van der Waals surface area contributed by atoms with Crippen LogP contribution in [-0.4, -0.2) is 13.7 Å². The Bertz CT molecular complexity index is 534. The van der Waals surface area contributed by atoms with Gasteiger partial charge in [-0.3, -0.25) is 4.72 Å². The fourth-order valence-corrected chi connectivity index (χ4v) is 2.67. The first-order chi connectivity index (χ1) is 7.92. The van der Waals surface area contributed by atoms with Gasteiger partial charge in [0.2, 0.25) is 10.0 Å². The van der Waals surface area contributed by atoms with Gasteiger partial charge in [0.05, 0.1) is 11.1 Å². The normalized spacial score (nSPS) is 12.8. The van der Waals surface area contributed by atoms with Gasteiger partial charge < -0.3 is 0 Å². The van der Waals surface area contributed by atoms with Gasteiger partial charge in [-0.25, -0.2) is 12.8 Å². The highest BCUT2D eigenvalue weighted by atomic mass is 35.5. The molecular formula is C10H10ClFN2O2S. The van der Waals surface area contributed by atoms with E-state index in [4.69, 9.17) is 16.9 Å². The second-order valence-electron chi connectivity index (χ2n) is 3.27. The molecule has 0 spiro atoms. The van der Waals surface area contributed by atoms with Crippen molar-refractivity contribution in [3.05, 3.63) is 29.0 Å². The molecule has 0 bridgehead atoms. The van der Waals surface area contributed by atoms with Gasteiger partial charge in [0.25, 0.3) is 0 Å². The Morgan fingerprint density at radius 3 is 2.71 bits per heavy atom. The van der Waals surface area contributed by atoms with Crippen molar-refractivity contribution in [3.8, 4) is 6.07 Å². The Morgan fingerprint density at radius 2 is 2.24 bits per heavy atom. The predicted octanol–water partition coefficient (Wildman–Crippen LogP) is 2.52. The fourth-order valence-electron chi connectivity index (χ4n) is 1.19. The number of nitriles is 1. The van der Waals surface area contributed by atoms with E-state index in [2.05, 4.69) is 0 Å². The molecule has 0 saturated carbocycles. The first-order valence-electron chi connectivity index (χ1n) is 4.77. The maximum atomic E-state index is 13.4. The largest absolute Gasteiger partial charge is 0.278 e. The molecule has 4 nitrogen and oxygen atoms in total. The minimum atomic E-state index is -3.96. The highest BCUT2D eigenvalue weighted by Gasteiger charge is 2.25. The summed E-state index contributed by atoms with van der Waals surface area (Å²) in [4.78, 5) is 0. The molecule has 1 rings (SSSR count). The summed E-state index contributed by atoms with van der Waals surface area (Å²) in [5, 5.41) is 7.39. The quantitative estimate of drug-likeness (QED) is 0.919. The molecule has 0 fully saturated rings. The summed E-state index contributed by atoms with van der Waals surface area (Å²) in [7, 11) is -3.96. The van der Waals surface area contributed by atoms with Crippen molar-refractivity contribution in [2.45, 2.75) is 18.6 Å². The van der Waals surface area contributed by atoms with Crippen molar-refractivity contribution in [1.29, 1.82) is 5.26 Å². The summed E-state index contributed by atoms with van der Waals surface area (Å²) in [6.45, 7) is 1.55. The van der Waals surface area contributed by atoms with Crippen LogP contribution in [0.4, 0.5) is 10.1 Å². The molecule has 0 aliphatic carbocycles. The van der Waals surface area contributed by atoms with E-state index in [0.29, 0.717) is 0 Å². The molecule has 1 atom stereocenters. The topological polar surface area (TPSA) is 70.0 Å². The Balaban J connectivity index is 3.12. The first-order valence-corrected chi connectivity index (χ1v) is 6.70. The van der Waals surface area contributed by atoms with Gasteiger partial charge in [0.1, 0.15) is 11.5 Å². The summed E-state index contributed by atoms with van der Waals surface area (Å²) >= 11 is 5.68. The molecule has 0 aromatic heterocycles. The molecule has 1 N–H and O–H groups in total. The Morgan fingerprint density at radius 1 is 1.59 bits per heavy atom. The van der Waals surface area contributed by atoms with Crippen LogP contribution in [0.3, 0.4) is 0 Å². The summed E-state index contributed by atoms with van der Waals surface area (Å²) < 4.78 is 38.8. The second-order valence-corrected chi connectivity index (χ2v) is 5.54. The highest BCUT2D eigenvalue weighted by molar-refractivity contribution is 7.93. The molecule has 1 unspecified atom stereocenters. The maximum Gasteiger partial charge on any atom is 0.249 e. The Hall–Kier alpha value is -1.32. The lowest BCUT2D eigenvalue weighted by Crippen LogP contribution is -2.26. The molecule has 0 amide bonds. The number of anilines is 1. The van der Waals surface area contributed by atoms with E-state index in [1.54, 1.807) is 13.0 Å². The van der Waals surface area contributed by atoms with E-state index in [1.807, 2.05) is 4.72 Å². The molecule has 0 aliphatic heterocycles. The van der Waals surface area contributed by atoms with Gasteiger partial charge in [-0.15, -0.1) is 0 Å². The average Bonchev–Trinajstić information content (AvgIpc) is 2.25. The zero-order valence-corrected chi connectivity index (χ0v) is 10.5. The number of hydrogen-bond donors (Lipinski definition) is 1. The molecular weight excluding hydrogens is 267 g/mol. The molecule has 92 valence electrons. The van der Waals surface area contributed by atoms with Crippen LogP contribution < -0.4 is 4.72 Å². The van der Waals surface area contributed by atoms with Crippen LogP contribution in [0.15, 0.2) is 18.2 Å². The SMILES string of the molecule is CCC(C#N)S(=O)(=O)Nc1c(F)cccc1Cl. The Labute approximate surface area is 104 Å². The number of hydrogen-bond acceptors (Lipinski definition) is 3. The van der Waals surface area contributed by atoms with Crippen LogP contribution in [0, 0.1) is 17.1 Å². The van der Waals surface area contributed by atoms with Crippen molar-refractivity contribution in [1.82, 2.24) is 0 Å². The van der Waals surface area contributed by atoms with Crippen LogP contribution in [0.2, 0.25) is 5.02 Å². The third-order valence-corrected chi connectivity index (χ3v) is 4.09. The fraction of sp³-hybridized carbons (Fsp3) is 0.300. The van der Waals surface area contributed by atoms with E-state index in [1.165, 1.54) is 12.1 Å². The molecule has 0 aliphatic rings. The van der Waals surface area contributed by atoms with Crippen LogP contribution in [0.1, 0.15) is 13.3 Å². The van der Waals surface area contributed by atoms with Crippen LogP contribution in [-0.2, 0) is 10.0 Å². The van der Waals surface area contributed by atoms with Crippen molar-refractivity contribution >= 4 is 27.3 Å². The van der Waals surface area contributed by atoms with Crippen molar-refractivity contribution < 1.29 is 12.8 Å². The molecule has 0 radical (unpaired) electrons. The van der Waals surface area contributed by atoms with E-state index in [0.717, 1.165) is 6.07 Å². The van der Waals surface area contributed by atoms with Crippen LogP contribution in [0.25, 0.3) is 0 Å². The van der Waals surface area contributed by atoms with Crippen molar-refractivity contribution in [3.63, 3.8) is 0 Å². The van der Waals surface area contributed by atoms with Gasteiger partial charge >= 0.3 is 0 Å². The van der Waals surface area contributed by atoms with Crippen LogP contribution in [0.5, 0.6) is 0 Å². The van der Waals surface area contributed by atoms with Gasteiger partial charge in [0.15, 0.2) is 5.25 Å². The molecule has 0 saturated heterocycles. The number of nitrogens with zero attached hydrogens (tertiary/aromatic N) is 1. The number of benzene rings is 1. The first kappa shape index (κ1) is 13.7. The van der Waals surface area contributed by atoms with Crippen molar-refractivity contribution in [2.75, 3.05) is 4.72 Å². The number of para-hydroxylation sites is 1. The number of rotatable bonds is 4. The van der Waals surface area contributed by atoms with E-state index >= 15 is 0 Å². The number of nitrogens with one attached hydrogen (secondary N) is 1. The van der Waals surface area contributed by atoms with E-state index in [9.17, 15) is 12.8 Å². The summed E-state index contributed by atoms with van der Waals surface area (Å²) in [6.07, 6.45) is 0.109. The third-order valence-electron chi connectivity index (χ3n) is 2.10. The minimum absolute atomic E-state index is 0.0543. The monoisotopic (exact) mass is 276 g/mol. The number of sulfonamides is 1. The van der Waals surface area contributed by atoms with Gasteiger partial charge in [0, 0.05) is 0 Å². The van der Waals surface area contributed by atoms with Crippen LogP contribution >= 0.6 is 11.6 Å². The molecule has 17 heavy (non-hydrogen) atoms. The summed E-state index contributed by atoms with van der Waals surface area (Å²) in [5.41, 5.74) is -0.331. The van der Waals surface area contributed by atoms with Gasteiger partial charge in [-0.2, -0.15) is 5.26 Å². The van der Waals surface area contributed by atoms with E-state index in [-0.39, 0.29) is 17.1 Å². The highest BCUT2D eigenvalue weighted by Crippen LogP contribution is 2.26. The summed E-state index contributed by atoms with van der Waals surface area (Å²) in [6, 6.07) is 5.43. The zero-order chi connectivity index (χ0) is 13.1. The van der Waals surface area contributed by atoms with Gasteiger partial charge in [-0.05, 0) is 18.6 Å². The smallest absolute Gasteiger partial charge is 0.249 e. The molecule has 0 heterocycles. The predicted molar refractivity (Wildman–Crippen MR) is 63.6 cm³/mol. The molecule has 7 heteroatoms. The van der Waals surface area contributed by atoms with Crippen molar-refractivity contribution in [2.24, 2.45) is 0 Å². The zero-order valence-electron chi connectivity index (χ0n) is 8.94. The molecule has 1 aromatic carbocycles. The standard InChI is InChI=1S/C10H10ClFN2O2S/c1-2-7(6-13)17(15,16)14-10-8(11)4-3-5-9(10)12/h3-5,7,14H,2H2,1H3. The third kappa shape index (κ3) is 3.08. The lowest BCUT2D eigenvalue weighted by atomic mass is 10.3. The van der Waals surface area contributed by atoms with Gasteiger partial charge in [-0.1, -0.05) is 24.6 Å². The maximum absolute atomic E-state index is 13.4. The molecule has 1 aromatic rings. The Kier molecular flexibility index (Phi) is 4.32. The summed E-state index contributed by atoms with van der Waals surface area (Å²) in [5.74, 6) is -0.783. The lowest BCUT2D eigenvalue weighted by molar-refractivity contribution is 0.590. The second kappa shape index (κ2) is 5.34. The van der Waals surface area contributed by atoms with E-state index < -0.39 is 21.1 Å².